The van der Waals surface area contributed by atoms with Gasteiger partial charge in [-0.1, -0.05) is 0 Å². The average molecular weight is 248 g/mol. The molecule has 1 amide bonds. The highest BCUT2D eigenvalue weighted by Crippen LogP contribution is 2.05. The number of hydrogen-bond acceptors (Lipinski definition) is 4. The first-order chi connectivity index (χ1) is 7.47. The molecule has 0 spiro atoms. The van der Waals surface area contributed by atoms with Crippen LogP contribution in [0.4, 0.5) is 0 Å². The standard InChI is InChI=1S/C10H20N2O3S/c1-16(14,15)8-5-10(13)12-9-3-2-6-11-7-4-9/h9,11H,2-8H2,1H3,(H,12,13). The molecule has 1 heterocycles. The van der Waals surface area contributed by atoms with Crippen molar-refractivity contribution in [2.24, 2.45) is 0 Å². The van der Waals surface area contributed by atoms with Gasteiger partial charge >= 0.3 is 0 Å². The lowest BCUT2D eigenvalue weighted by Gasteiger charge is -2.15. The van der Waals surface area contributed by atoms with Crippen LogP contribution in [0, 0.1) is 0 Å². The smallest absolute Gasteiger partial charge is 0.221 e. The Morgan fingerprint density at radius 3 is 2.81 bits per heavy atom. The Morgan fingerprint density at radius 1 is 1.38 bits per heavy atom. The molecule has 2 N–H and O–H groups in total. The lowest BCUT2D eigenvalue weighted by molar-refractivity contribution is -0.121. The zero-order chi connectivity index (χ0) is 12.0. The topological polar surface area (TPSA) is 75.3 Å². The largest absolute Gasteiger partial charge is 0.353 e. The Hall–Kier alpha value is -0.620. The van der Waals surface area contributed by atoms with Crippen LogP contribution in [0.1, 0.15) is 25.7 Å². The van der Waals surface area contributed by atoms with Crippen molar-refractivity contribution in [2.45, 2.75) is 31.7 Å². The maximum atomic E-state index is 11.5. The fourth-order valence-corrected chi connectivity index (χ4v) is 2.30. The Labute approximate surface area is 96.9 Å². The van der Waals surface area contributed by atoms with E-state index in [1.165, 1.54) is 0 Å². The number of sulfone groups is 1. The van der Waals surface area contributed by atoms with Crippen molar-refractivity contribution in [2.75, 3.05) is 25.1 Å². The van der Waals surface area contributed by atoms with Crippen molar-refractivity contribution in [1.29, 1.82) is 0 Å². The molecule has 0 aromatic rings. The summed E-state index contributed by atoms with van der Waals surface area (Å²) in [7, 11) is -3.04. The molecule has 0 aliphatic carbocycles. The molecule has 16 heavy (non-hydrogen) atoms. The van der Waals surface area contributed by atoms with Gasteiger partial charge in [-0.2, -0.15) is 0 Å². The number of carbonyl (C=O) groups is 1. The molecule has 1 fully saturated rings. The summed E-state index contributed by atoms with van der Waals surface area (Å²) in [4.78, 5) is 11.5. The van der Waals surface area contributed by atoms with E-state index in [9.17, 15) is 13.2 Å². The van der Waals surface area contributed by atoms with Crippen molar-refractivity contribution >= 4 is 15.7 Å². The minimum absolute atomic E-state index is 0.0657. The Bertz CT molecular complexity index is 319. The third-order valence-corrected chi connectivity index (χ3v) is 3.59. The molecule has 0 bridgehead atoms. The molecule has 6 heteroatoms. The maximum absolute atomic E-state index is 11.5. The molecule has 1 unspecified atom stereocenters. The SMILES string of the molecule is CS(=O)(=O)CCC(=O)NC1CCCNCC1. The van der Waals surface area contributed by atoms with Gasteiger partial charge in [0.25, 0.3) is 0 Å². The van der Waals surface area contributed by atoms with Gasteiger partial charge in [0.1, 0.15) is 9.84 Å². The highest BCUT2D eigenvalue weighted by Gasteiger charge is 2.15. The van der Waals surface area contributed by atoms with E-state index in [2.05, 4.69) is 10.6 Å². The van der Waals surface area contributed by atoms with E-state index in [0.717, 1.165) is 38.6 Å². The second kappa shape index (κ2) is 6.20. The predicted molar refractivity (Wildman–Crippen MR) is 63.0 cm³/mol. The van der Waals surface area contributed by atoms with Crippen molar-refractivity contribution in [1.82, 2.24) is 10.6 Å². The molecule has 0 saturated carbocycles. The third kappa shape index (κ3) is 6.07. The number of nitrogens with one attached hydrogen (secondary N) is 2. The molecular weight excluding hydrogens is 228 g/mol. The average Bonchev–Trinajstić information content (AvgIpc) is 2.42. The zero-order valence-corrected chi connectivity index (χ0v) is 10.5. The Morgan fingerprint density at radius 2 is 2.12 bits per heavy atom. The highest BCUT2D eigenvalue weighted by atomic mass is 32.2. The van der Waals surface area contributed by atoms with Crippen LogP contribution in [0.25, 0.3) is 0 Å². The van der Waals surface area contributed by atoms with Crippen LogP contribution in [0.15, 0.2) is 0 Å². The second-order valence-corrected chi connectivity index (χ2v) is 6.58. The summed E-state index contributed by atoms with van der Waals surface area (Å²) in [6, 6.07) is 0.196. The monoisotopic (exact) mass is 248 g/mol. The van der Waals surface area contributed by atoms with Gasteiger partial charge in [-0.25, -0.2) is 8.42 Å². The summed E-state index contributed by atoms with van der Waals surface area (Å²) >= 11 is 0. The maximum Gasteiger partial charge on any atom is 0.221 e. The summed E-state index contributed by atoms with van der Waals surface area (Å²) in [5, 5.41) is 6.15. The Kier molecular flexibility index (Phi) is 5.21. The second-order valence-electron chi connectivity index (χ2n) is 4.33. The van der Waals surface area contributed by atoms with Gasteiger partial charge in [-0.15, -0.1) is 0 Å². The van der Waals surface area contributed by atoms with E-state index in [4.69, 9.17) is 0 Å². The molecule has 1 aliphatic rings. The van der Waals surface area contributed by atoms with Crippen LogP contribution >= 0.6 is 0 Å². The Balaban J connectivity index is 2.27. The first-order valence-electron chi connectivity index (χ1n) is 5.65. The van der Waals surface area contributed by atoms with Gasteiger partial charge in [0.2, 0.25) is 5.91 Å². The number of carbonyl (C=O) groups excluding carboxylic acids is 1. The molecule has 1 rings (SSSR count). The molecule has 1 saturated heterocycles. The van der Waals surface area contributed by atoms with Gasteiger partial charge in [-0.3, -0.25) is 4.79 Å². The van der Waals surface area contributed by atoms with Crippen molar-refractivity contribution in [3.8, 4) is 0 Å². The molecule has 0 radical (unpaired) electrons. The minimum Gasteiger partial charge on any atom is -0.353 e. The van der Waals surface area contributed by atoms with Crippen molar-refractivity contribution < 1.29 is 13.2 Å². The quantitative estimate of drug-likeness (QED) is 0.715. The normalized spacial score (nSPS) is 22.4. The fraction of sp³-hybridized carbons (Fsp3) is 0.900. The van der Waals surface area contributed by atoms with E-state index < -0.39 is 9.84 Å². The van der Waals surface area contributed by atoms with Crippen LogP contribution in [-0.2, 0) is 14.6 Å². The van der Waals surface area contributed by atoms with Crippen LogP contribution in [0.2, 0.25) is 0 Å². The van der Waals surface area contributed by atoms with E-state index in [-0.39, 0.29) is 24.1 Å². The molecular formula is C10H20N2O3S. The summed E-state index contributed by atoms with van der Waals surface area (Å²) in [5.41, 5.74) is 0. The van der Waals surface area contributed by atoms with E-state index in [0.29, 0.717) is 0 Å². The van der Waals surface area contributed by atoms with Crippen LogP contribution in [0.5, 0.6) is 0 Å². The molecule has 0 aromatic heterocycles. The van der Waals surface area contributed by atoms with Gasteiger partial charge < -0.3 is 10.6 Å². The molecule has 0 aromatic carbocycles. The van der Waals surface area contributed by atoms with E-state index in [1.54, 1.807) is 0 Å². The molecule has 94 valence electrons. The number of rotatable bonds is 4. The minimum atomic E-state index is -3.04. The van der Waals surface area contributed by atoms with E-state index >= 15 is 0 Å². The van der Waals surface area contributed by atoms with E-state index in [1.807, 2.05) is 0 Å². The first-order valence-corrected chi connectivity index (χ1v) is 7.71. The molecule has 1 aliphatic heterocycles. The van der Waals surface area contributed by atoms with Crippen molar-refractivity contribution in [3.63, 3.8) is 0 Å². The summed E-state index contributed by atoms with van der Waals surface area (Å²) < 4.78 is 21.8. The lowest BCUT2D eigenvalue weighted by Crippen LogP contribution is -2.36. The van der Waals surface area contributed by atoms with Gasteiger partial charge in [0.15, 0.2) is 0 Å². The lowest BCUT2D eigenvalue weighted by atomic mass is 10.1. The third-order valence-electron chi connectivity index (χ3n) is 2.64. The van der Waals surface area contributed by atoms with Gasteiger partial charge in [0, 0.05) is 18.7 Å². The number of amides is 1. The fourth-order valence-electron chi connectivity index (χ4n) is 1.74. The summed E-state index contributed by atoms with van der Waals surface area (Å²) in [6.07, 6.45) is 4.16. The summed E-state index contributed by atoms with van der Waals surface area (Å²) in [6.45, 7) is 1.91. The molecule has 5 nitrogen and oxygen atoms in total. The highest BCUT2D eigenvalue weighted by molar-refractivity contribution is 7.90. The van der Waals surface area contributed by atoms with Crippen molar-refractivity contribution in [3.05, 3.63) is 0 Å². The summed E-state index contributed by atoms with van der Waals surface area (Å²) in [5.74, 6) is -0.221. The predicted octanol–water partition coefficient (Wildman–Crippen LogP) is -0.321. The zero-order valence-electron chi connectivity index (χ0n) is 9.66. The van der Waals surface area contributed by atoms with Gasteiger partial charge in [0.05, 0.1) is 5.75 Å². The van der Waals surface area contributed by atoms with Gasteiger partial charge in [-0.05, 0) is 32.4 Å². The van der Waals surface area contributed by atoms with Crippen LogP contribution in [0.3, 0.4) is 0 Å². The van der Waals surface area contributed by atoms with Crippen LogP contribution < -0.4 is 10.6 Å². The molecule has 1 atom stereocenters. The van der Waals surface area contributed by atoms with Crippen LogP contribution in [-0.4, -0.2) is 45.5 Å². The first kappa shape index (κ1) is 13.4. The number of hydrogen-bond donors (Lipinski definition) is 2.